The van der Waals surface area contributed by atoms with Gasteiger partial charge in [-0.1, -0.05) is 11.6 Å². The van der Waals surface area contributed by atoms with Gasteiger partial charge in [0.1, 0.15) is 17.1 Å². The summed E-state index contributed by atoms with van der Waals surface area (Å²) in [6.45, 7) is 3.95. The maximum absolute atomic E-state index is 12.4. The highest BCUT2D eigenvalue weighted by Gasteiger charge is 2.22. The first-order valence-corrected chi connectivity index (χ1v) is 8.15. The first-order chi connectivity index (χ1) is 12.0. The molecule has 0 heterocycles. The number of hydrogen-bond donors (Lipinski definition) is 0. The molecule has 25 heavy (non-hydrogen) atoms. The molecule has 132 valence electrons. The number of Topliss-reactive ketones (excluding diaryl/α,β-unsaturated/α-hetero) is 1. The third-order valence-corrected chi connectivity index (χ3v) is 3.72. The second-order valence-corrected chi connectivity index (χ2v) is 5.65. The van der Waals surface area contributed by atoms with Crippen LogP contribution in [0.15, 0.2) is 42.5 Å². The number of benzene rings is 2. The van der Waals surface area contributed by atoms with E-state index >= 15 is 0 Å². The average molecular weight is 363 g/mol. The topological polar surface area (TPSA) is 61.8 Å². The van der Waals surface area contributed by atoms with Crippen molar-refractivity contribution in [3.05, 3.63) is 58.6 Å². The van der Waals surface area contributed by atoms with E-state index in [1.165, 1.54) is 20.1 Å². The molecule has 0 saturated carbocycles. The third kappa shape index (κ3) is 4.73. The van der Waals surface area contributed by atoms with E-state index in [4.69, 9.17) is 25.8 Å². The molecule has 0 fully saturated rings. The molecule has 0 aliphatic heterocycles. The first-order valence-electron chi connectivity index (χ1n) is 7.77. The number of ketones is 1. The van der Waals surface area contributed by atoms with Gasteiger partial charge in [0, 0.05) is 10.6 Å². The van der Waals surface area contributed by atoms with Crippen molar-refractivity contribution in [2.45, 2.75) is 20.0 Å². The molecule has 0 saturated heterocycles. The second kappa shape index (κ2) is 8.53. The van der Waals surface area contributed by atoms with Crippen molar-refractivity contribution in [1.29, 1.82) is 0 Å². The lowest BCUT2D eigenvalue weighted by atomic mass is 10.1. The van der Waals surface area contributed by atoms with Crippen molar-refractivity contribution >= 4 is 23.4 Å². The number of methoxy groups -OCH3 is 1. The molecular weight excluding hydrogens is 344 g/mol. The molecule has 5 nitrogen and oxygen atoms in total. The van der Waals surface area contributed by atoms with Crippen LogP contribution < -0.4 is 9.47 Å². The summed E-state index contributed by atoms with van der Waals surface area (Å²) in [4.78, 5) is 24.8. The highest BCUT2D eigenvalue weighted by molar-refractivity contribution is 6.31. The molecule has 0 N–H and O–H groups in total. The minimum absolute atomic E-state index is 0.168. The lowest BCUT2D eigenvalue weighted by molar-refractivity contribution is 0.0316. The van der Waals surface area contributed by atoms with Crippen molar-refractivity contribution in [2.75, 3.05) is 13.7 Å². The molecule has 1 atom stereocenters. The Balaban J connectivity index is 2.10. The number of esters is 1. The van der Waals surface area contributed by atoms with Gasteiger partial charge in [-0.2, -0.15) is 0 Å². The Kier molecular flexibility index (Phi) is 6.42. The number of hydrogen-bond acceptors (Lipinski definition) is 5. The largest absolute Gasteiger partial charge is 0.496 e. The normalized spacial score (nSPS) is 11.5. The van der Waals surface area contributed by atoms with Crippen LogP contribution in [0.3, 0.4) is 0 Å². The van der Waals surface area contributed by atoms with E-state index in [1.807, 2.05) is 6.92 Å². The summed E-state index contributed by atoms with van der Waals surface area (Å²) >= 11 is 5.91. The first kappa shape index (κ1) is 18.8. The third-order valence-electron chi connectivity index (χ3n) is 3.48. The summed E-state index contributed by atoms with van der Waals surface area (Å²) in [7, 11) is 1.44. The lowest BCUT2D eigenvalue weighted by Gasteiger charge is -2.14. The summed E-state index contributed by atoms with van der Waals surface area (Å²) < 4.78 is 15.7. The molecule has 0 spiro atoms. The molecule has 0 aliphatic rings. The van der Waals surface area contributed by atoms with Crippen LogP contribution in [0.25, 0.3) is 0 Å². The highest BCUT2D eigenvalue weighted by atomic mass is 35.5. The fraction of sp³-hybridized carbons (Fsp3) is 0.263. The predicted octanol–water partition coefficient (Wildman–Crippen LogP) is 4.18. The van der Waals surface area contributed by atoms with Gasteiger partial charge in [-0.05, 0) is 56.3 Å². The van der Waals surface area contributed by atoms with Gasteiger partial charge in [-0.3, -0.25) is 4.79 Å². The molecule has 2 aromatic carbocycles. The van der Waals surface area contributed by atoms with Gasteiger partial charge in [0.25, 0.3) is 0 Å². The Labute approximate surface area is 151 Å². The zero-order valence-electron chi connectivity index (χ0n) is 14.2. The predicted molar refractivity (Wildman–Crippen MR) is 94.8 cm³/mol. The maximum Gasteiger partial charge on any atom is 0.342 e. The second-order valence-electron chi connectivity index (χ2n) is 5.21. The molecule has 6 heteroatoms. The Morgan fingerprint density at radius 1 is 1.12 bits per heavy atom. The van der Waals surface area contributed by atoms with Gasteiger partial charge in [-0.15, -0.1) is 0 Å². The maximum atomic E-state index is 12.4. The molecule has 0 aromatic heterocycles. The monoisotopic (exact) mass is 362 g/mol. The quantitative estimate of drug-likeness (QED) is 0.546. The van der Waals surface area contributed by atoms with Crippen LogP contribution in [0.2, 0.25) is 5.02 Å². The fourth-order valence-corrected chi connectivity index (χ4v) is 2.41. The lowest BCUT2D eigenvalue weighted by Crippen LogP contribution is -2.24. The van der Waals surface area contributed by atoms with Crippen LogP contribution in [-0.2, 0) is 4.74 Å². The van der Waals surface area contributed by atoms with Crippen LogP contribution >= 0.6 is 11.6 Å². The molecule has 0 bridgehead atoms. The van der Waals surface area contributed by atoms with Gasteiger partial charge >= 0.3 is 5.97 Å². The van der Waals surface area contributed by atoms with Crippen LogP contribution in [-0.4, -0.2) is 31.6 Å². The van der Waals surface area contributed by atoms with Crippen LogP contribution in [0, 0.1) is 0 Å². The highest BCUT2D eigenvalue weighted by Crippen LogP contribution is 2.24. The van der Waals surface area contributed by atoms with E-state index in [1.54, 1.807) is 36.4 Å². The molecule has 0 aliphatic carbocycles. The number of carbonyl (C=O) groups is 2. The van der Waals surface area contributed by atoms with Gasteiger partial charge in [0.2, 0.25) is 5.78 Å². The van der Waals surface area contributed by atoms with Crippen LogP contribution in [0.5, 0.6) is 11.5 Å². The zero-order chi connectivity index (χ0) is 18.4. The minimum Gasteiger partial charge on any atom is -0.496 e. The van der Waals surface area contributed by atoms with Gasteiger partial charge in [0.15, 0.2) is 6.10 Å². The van der Waals surface area contributed by atoms with Gasteiger partial charge in [-0.25, -0.2) is 4.79 Å². The number of halogens is 1. The Morgan fingerprint density at radius 3 is 2.40 bits per heavy atom. The standard InChI is InChI=1S/C19H19ClO5/c1-4-24-15-8-5-13(6-9-15)18(21)12(2)25-19(22)16-11-14(20)7-10-17(16)23-3/h5-12H,4H2,1-3H3/t12-/m0/s1. The van der Waals surface area contributed by atoms with E-state index in [9.17, 15) is 9.59 Å². The Morgan fingerprint density at radius 2 is 1.80 bits per heavy atom. The smallest absolute Gasteiger partial charge is 0.342 e. The molecule has 0 radical (unpaired) electrons. The zero-order valence-corrected chi connectivity index (χ0v) is 15.0. The molecule has 0 amide bonds. The van der Waals surface area contributed by atoms with Crippen molar-refractivity contribution in [3.8, 4) is 11.5 Å². The summed E-state index contributed by atoms with van der Waals surface area (Å²) in [5.41, 5.74) is 0.600. The summed E-state index contributed by atoms with van der Waals surface area (Å²) in [5.74, 6) is 0.0195. The van der Waals surface area contributed by atoms with E-state index in [-0.39, 0.29) is 11.3 Å². The van der Waals surface area contributed by atoms with Crippen molar-refractivity contribution in [1.82, 2.24) is 0 Å². The summed E-state index contributed by atoms with van der Waals surface area (Å²) in [5, 5.41) is 0.373. The molecule has 2 aromatic rings. The molecule has 0 unspecified atom stereocenters. The van der Waals surface area contributed by atoms with Crippen molar-refractivity contribution < 1.29 is 23.8 Å². The summed E-state index contributed by atoms with van der Waals surface area (Å²) in [6, 6.07) is 11.3. The van der Waals surface area contributed by atoms with E-state index in [0.29, 0.717) is 28.7 Å². The van der Waals surface area contributed by atoms with Crippen LogP contribution in [0.1, 0.15) is 34.6 Å². The SMILES string of the molecule is CCOc1ccc(C(=O)[C@H](C)OC(=O)c2cc(Cl)ccc2OC)cc1. The van der Waals surface area contributed by atoms with Crippen molar-refractivity contribution in [2.24, 2.45) is 0 Å². The van der Waals surface area contributed by atoms with E-state index in [2.05, 4.69) is 0 Å². The Hall–Kier alpha value is -2.53. The molecular formula is C19H19ClO5. The van der Waals surface area contributed by atoms with Gasteiger partial charge in [0.05, 0.1) is 13.7 Å². The average Bonchev–Trinajstić information content (AvgIpc) is 2.61. The minimum atomic E-state index is -0.950. The Bertz CT molecular complexity index is 755. The summed E-state index contributed by atoms with van der Waals surface area (Å²) in [6.07, 6.45) is -0.950. The number of carbonyl (C=O) groups excluding carboxylic acids is 2. The van der Waals surface area contributed by atoms with E-state index in [0.717, 1.165) is 0 Å². The van der Waals surface area contributed by atoms with Crippen molar-refractivity contribution in [3.63, 3.8) is 0 Å². The molecule has 2 rings (SSSR count). The fourth-order valence-electron chi connectivity index (χ4n) is 2.23. The van der Waals surface area contributed by atoms with Crippen LogP contribution in [0.4, 0.5) is 0 Å². The number of ether oxygens (including phenoxy) is 3. The number of rotatable bonds is 7. The van der Waals surface area contributed by atoms with E-state index < -0.39 is 12.1 Å². The van der Waals surface area contributed by atoms with Gasteiger partial charge < -0.3 is 14.2 Å².